The average Bonchev–Trinajstić information content (AvgIpc) is 1.88. The van der Waals surface area contributed by atoms with Gasteiger partial charge >= 0.3 is 0 Å². The molecule has 0 spiro atoms. The third-order valence-electron chi connectivity index (χ3n) is 0.950. The Kier molecular flexibility index (Phi) is 4.25. The van der Waals surface area contributed by atoms with Crippen LogP contribution in [-0.4, -0.2) is 18.5 Å². The number of nitrogens with zero attached hydrogens (tertiary/aromatic N) is 1. The van der Waals surface area contributed by atoms with Crippen molar-refractivity contribution in [3.63, 3.8) is 0 Å². The maximum atomic E-state index is 10.7. The first-order valence-electron chi connectivity index (χ1n) is 3.08. The molecule has 0 aromatic rings. The fourth-order valence-corrected chi connectivity index (χ4v) is 0.403. The standard InChI is InChI=1S/C6H11N3O/c1-5(8)6(10)9-4-2-3-7/h5H,2,4,8H2,1H3,(H,9,10)/t5-/m1/s1. The largest absolute Gasteiger partial charge is 0.354 e. The summed E-state index contributed by atoms with van der Waals surface area (Å²) in [6, 6.07) is 1.42. The highest BCUT2D eigenvalue weighted by molar-refractivity contribution is 5.80. The zero-order chi connectivity index (χ0) is 7.98. The van der Waals surface area contributed by atoms with E-state index in [1.54, 1.807) is 6.92 Å². The molecular weight excluding hydrogens is 130 g/mol. The van der Waals surface area contributed by atoms with Crippen molar-refractivity contribution in [3.8, 4) is 6.07 Å². The van der Waals surface area contributed by atoms with Gasteiger partial charge in [-0.15, -0.1) is 0 Å². The molecule has 0 bridgehead atoms. The molecule has 1 amide bonds. The third kappa shape index (κ3) is 3.87. The number of hydrogen-bond acceptors (Lipinski definition) is 3. The Morgan fingerprint density at radius 2 is 2.50 bits per heavy atom. The number of rotatable bonds is 3. The van der Waals surface area contributed by atoms with Crippen LogP contribution in [0.15, 0.2) is 0 Å². The zero-order valence-electron chi connectivity index (χ0n) is 5.92. The number of nitriles is 1. The molecule has 3 N–H and O–H groups in total. The molecule has 0 fully saturated rings. The minimum Gasteiger partial charge on any atom is -0.354 e. The van der Waals surface area contributed by atoms with Crippen molar-refractivity contribution < 1.29 is 4.79 Å². The van der Waals surface area contributed by atoms with Gasteiger partial charge in [0.25, 0.3) is 0 Å². The van der Waals surface area contributed by atoms with Gasteiger partial charge in [-0.25, -0.2) is 0 Å². The van der Waals surface area contributed by atoms with E-state index in [4.69, 9.17) is 11.0 Å². The van der Waals surface area contributed by atoms with Gasteiger partial charge in [-0.05, 0) is 6.92 Å². The molecule has 4 heteroatoms. The predicted octanol–water partition coefficient (Wildman–Crippen LogP) is -0.637. The van der Waals surface area contributed by atoms with Crippen LogP contribution in [0.25, 0.3) is 0 Å². The van der Waals surface area contributed by atoms with Crippen LogP contribution >= 0.6 is 0 Å². The first-order chi connectivity index (χ1) is 4.68. The highest BCUT2D eigenvalue weighted by Gasteiger charge is 2.04. The fraction of sp³-hybridized carbons (Fsp3) is 0.667. The van der Waals surface area contributed by atoms with Gasteiger partial charge in [0.2, 0.25) is 5.91 Å². The van der Waals surface area contributed by atoms with E-state index in [0.717, 1.165) is 0 Å². The molecule has 0 rings (SSSR count). The van der Waals surface area contributed by atoms with Crippen molar-refractivity contribution in [1.29, 1.82) is 5.26 Å². The Hall–Kier alpha value is -1.08. The smallest absolute Gasteiger partial charge is 0.236 e. The van der Waals surface area contributed by atoms with Crippen molar-refractivity contribution >= 4 is 5.91 Å². The Labute approximate surface area is 60.0 Å². The molecule has 0 aliphatic rings. The van der Waals surface area contributed by atoms with Gasteiger partial charge in [-0.2, -0.15) is 5.26 Å². The lowest BCUT2D eigenvalue weighted by molar-refractivity contribution is -0.121. The molecule has 0 aliphatic carbocycles. The second kappa shape index (κ2) is 4.77. The molecule has 56 valence electrons. The number of carbonyl (C=O) groups excluding carboxylic acids is 1. The molecule has 0 heterocycles. The highest BCUT2D eigenvalue weighted by Crippen LogP contribution is 1.75. The van der Waals surface area contributed by atoms with Gasteiger partial charge in [0.1, 0.15) is 0 Å². The van der Waals surface area contributed by atoms with Crippen molar-refractivity contribution in [3.05, 3.63) is 0 Å². The summed E-state index contributed by atoms with van der Waals surface area (Å²) in [7, 11) is 0. The van der Waals surface area contributed by atoms with Gasteiger partial charge in [-0.1, -0.05) is 0 Å². The van der Waals surface area contributed by atoms with E-state index in [2.05, 4.69) is 5.32 Å². The maximum Gasteiger partial charge on any atom is 0.236 e. The molecule has 0 aromatic heterocycles. The van der Waals surface area contributed by atoms with E-state index < -0.39 is 6.04 Å². The molecular formula is C6H11N3O. The van der Waals surface area contributed by atoms with Crippen LogP contribution in [0.4, 0.5) is 0 Å². The SMILES string of the molecule is C[C@@H](N)C(=O)NCCC#N. The van der Waals surface area contributed by atoms with Crippen LogP contribution in [-0.2, 0) is 4.79 Å². The molecule has 0 saturated carbocycles. The number of hydrogen-bond donors (Lipinski definition) is 2. The van der Waals surface area contributed by atoms with Crippen molar-refractivity contribution in [1.82, 2.24) is 5.32 Å². The molecule has 0 unspecified atom stereocenters. The van der Waals surface area contributed by atoms with Crippen molar-refractivity contribution in [2.24, 2.45) is 5.73 Å². The molecule has 10 heavy (non-hydrogen) atoms. The van der Waals surface area contributed by atoms with Crippen molar-refractivity contribution in [2.75, 3.05) is 6.54 Å². The second-order valence-electron chi connectivity index (χ2n) is 1.99. The van der Waals surface area contributed by atoms with Crippen molar-refractivity contribution in [2.45, 2.75) is 19.4 Å². The first-order valence-corrected chi connectivity index (χ1v) is 3.08. The minimum absolute atomic E-state index is 0.213. The summed E-state index contributed by atoms with van der Waals surface area (Å²) in [4.78, 5) is 10.7. The summed E-state index contributed by atoms with van der Waals surface area (Å²) in [6.07, 6.45) is 0.332. The molecule has 0 radical (unpaired) electrons. The van der Waals surface area contributed by atoms with Crippen LogP contribution in [0.3, 0.4) is 0 Å². The lowest BCUT2D eigenvalue weighted by Gasteiger charge is -2.03. The van der Waals surface area contributed by atoms with Gasteiger partial charge in [0, 0.05) is 6.54 Å². The summed E-state index contributed by atoms with van der Waals surface area (Å²) in [6.45, 7) is 1.98. The number of nitrogens with one attached hydrogen (secondary N) is 1. The molecule has 0 aliphatic heterocycles. The molecule has 0 saturated heterocycles. The Morgan fingerprint density at radius 1 is 1.90 bits per heavy atom. The summed E-state index contributed by atoms with van der Waals surface area (Å²) >= 11 is 0. The normalized spacial score (nSPS) is 11.7. The van der Waals surface area contributed by atoms with Crippen LogP contribution < -0.4 is 11.1 Å². The van der Waals surface area contributed by atoms with Crippen LogP contribution in [0.2, 0.25) is 0 Å². The Morgan fingerprint density at radius 3 is 2.90 bits per heavy atom. The third-order valence-corrected chi connectivity index (χ3v) is 0.950. The summed E-state index contributed by atoms with van der Waals surface area (Å²) in [5, 5.41) is 10.6. The van der Waals surface area contributed by atoms with Gasteiger partial charge in [0.15, 0.2) is 0 Å². The van der Waals surface area contributed by atoms with E-state index in [-0.39, 0.29) is 5.91 Å². The number of carbonyl (C=O) groups is 1. The monoisotopic (exact) mass is 141 g/mol. The van der Waals surface area contributed by atoms with Crippen LogP contribution in [0.5, 0.6) is 0 Å². The topological polar surface area (TPSA) is 78.9 Å². The van der Waals surface area contributed by atoms with Gasteiger partial charge in [0.05, 0.1) is 18.5 Å². The lowest BCUT2D eigenvalue weighted by Crippen LogP contribution is -2.38. The summed E-state index contributed by atoms with van der Waals surface area (Å²) < 4.78 is 0. The first kappa shape index (κ1) is 8.92. The maximum absolute atomic E-state index is 10.7. The zero-order valence-corrected chi connectivity index (χ0v) is 5.92. The Balaban J connectivity index is 3.33. The lowest BCUT2D eigenvalue weighted by atomic mass is 10.3. The second-order valence-corrected chi connectivity index (χ2v) is 1.99. The van der Waals surface area contributed by atoms with E-state index >= 15 is 0 Å². The highest BCUT2D eigenvalue weighted by atomic mass is 16.2. The molecule has 0 aromatic carbocycles. The summed E-state index contributed by atoms with van der Waals surface area (Å²) in [5.74, 6) is -0.213. The quantitative estimate of drug-likeness (QED) is 0.513. The number of amides is 1. The van der Waals surface area contributed by atoms with E-state index in [9.17, 15) is 4.79 Å². The van der Waals surface area contributed by atoms with Gasteiger partial charge < -0.3 is 11.1 Å². The van der Waals surface area contributed by atoms with E-state index in [1.165, 1.54) is 0 Å². The molecule has 1 atom stereocenters. The predicted molar refractivity (Wildman–Crippen MR) is 36.9 cm³/mol. The van der Waals surface area contributed by atoms with Crippen LogP contribution in [0, 0.1) is 11.3 Å². The van der Waals surface area contributed by atoms with Crippen LogP contribution in [0.1, 0.15) is 13.3 Å². The minimum atomic E-state index is -0.487. The van der Waals surface area contributed by atoms with E-state index in [1.807, 2.05) is 6.07 Å². The van der Waals surface area contributed by atoms with E-state index in [0.29, 0.717) is 13.0 Å². The average molecular weight is 141 g/mol. The number of nitrogens with two attached hydrogens (primary N) is 1. The molecule has 4 nitrogen and oxygen atoms in total. The Bertz CT molecular complexity index is 148. The fourth-order valence-electron chi connectivity index (χ4n) is 0.403. The summed E-state index contributed by atoms with van der Waals surface area (Å²) in [5.41, 5.74) is 5.22. The van der Waals surface area contributed by atoms with Gasteiger partial charge in [-0.3, -0.25) is 4.79 Å².